The van der Waals surface area contributed by atoms with Crippen LogP contribution >= 0.6 is 0 Å². The van der Waals surface area contributed by atoms with Gasteiger partial charge in [0, 0.05) is 6.20 Å². The van der Waals surface area contributed by atoms with Gasteiger partial charge in [-0.25, -0.2) is 22.0 Å². The van der Waals surface area contributed by atoms with E-state index in [1.807, 2.05) is 13.8 Å². The van der Waals surface area contributed by atoms with E-state index in [4.69, 9.17) is 4.74 Å². The second kappa shape index (κ2) is 7.38. The zero-order valence-electron chi connectivity index (χ0n) is 15.0. The van der Waals surface area contributed by atoms with Crippen LogP contribution in [0.4, 0.5) is 8.78 Å². The number of rotatable bonds is 5. The third kappa shape index (κ3) is 4.18. The smallest absolute Gasteiger partial charge is 0.341 e. The molecule has 0 amide bonds. The van der Waals surface area contributed by atoms with Crippen molar-refractivity contribution in [3.8, 4) is 0 Å². The number of aromatic nitrogens is 2. The van der Waals surface area contributed by atoms with Crippen molar-refractivity contribution in [2.24, 2.45) is 0 Å². The van der Waals surface area contributed by atoms with Gasteiger partial charge in [0.05, 0.1) is 28.8 Å². The second-order valence-corrected chi connectivity index (χ2v) is 9.12. The molecule has 2 aromatic rings. The first-order valence-corrected chi connectivity index (χ1v) is 10.4. The van der Waals surface area contributed by atoms with E-state index in [1.165, 1.54) is 16.9 Å². The van der Waals surface area contributed by atoms with Crippen LogP contribution in [-0.2, 0) is 21.2 Å². The van der Waals surface area contributed by atoms with Gasteiger partial charge in [-0.3, -0.25) is 4.68 Å². The maximum atomic E-state index is 13.7. The molecule has 1 unspecified atom stereocenters. The summed E-state index contributed by atoms with van der Waals surface area (Å²) in [4.78, 5) is 12.5. The van der Waals surface area contributed by atoms with Gasteiger partial charge in [0.15, 0.2) is 9.84 Å². The number of sulfone groups is 1. The quantitative estimate of drug-likeness (QED) is 0.724. The average Bonchev–Trinajstić information content (AvgIpc) is 3.17. The number of hydrogen-bond acceptors (Lipinski definition) is 5. The third-order valence-corrected chi connectivity index (χ3v) is 6.27. The van der Waals surface area contributed by atoms with Gasteiger partial charge in [-0.2, -0.15) is 5.10 Å². The first kappa shape index (κ1) is 19.5. The molecule has 1 fully saturated rings. The lowest BCUT2D eigenvalue weighted by atomic mass is 10.1. The van der Waals surface area contributed by atoms with E-state index in [0.29, 0.717) is 12.1 Å². The Bertz CT molecular complexity index is 949. The maximum Gasteiger partial charge on any atom is 0.341 e. The van der Waals surface area contributed by atoms with E-state index in [-0.39, 0.29) is 34.6 Å². The highest BCUT2D eigenvalue weighted by Gasteiger charge is 2.31. The summed E-state index contributed by atoms with van der Waals surface area (Å²) in [6.45, 7) is 3.13. The topological polar surface area (TPSA) is 78.3 Å². The van der Waals surface area contributed by atoms with Gasteiger partial charge in [-0.05, 0) is 24.5 Å². The lowest BCUT2D eigenvalue weighted by molar-refractivity contribution is 0.0463. The Kier molecular flexibility index (Phi) is 5.32. The molecule has 146 valence electrons. The molecule has 1 aromatic heterocycles. The Labute approximate surface area is 156 Å². The molecule has 3 rings (SSSR count). The van der Waals surface area contributed by atoms with Gasteiger partial charge in [0.25, 0.3) is 0 Å². The summed E-state index contributed by atoms with van der Waals surface area (Å²) in [6.07, 6.45) is 1.89. The fourth-order valence-electron chi connectivity index (χ4n) is 3.05. The monoisotopic (exact) mass is 398 g/mol. The van der Waals surface area contributed by atoms with Crippen LogP contribution < -0.4 is 0 Å². The van der Waals surface area contributed by atoms with Gasteiger partial charge in [0.2, 0.25) is 0 Å². The Morgan fingerprint density at radius 3 is 2.56 bits per heavy atom. The van der Waals surface area contributed by atoms with Gasteiger partial charge in [-0.15, -0.1) is 0 Å². The van der Waals surface area contributed by atoms with Gasteiger partial charge < -0.3 is 4.74 Å². The molecule has 0 radical (unpaired) electrons. The fraction of sp³-hybridized carbons (Fsp3) is 0.444. The summed E-state index contributed by atoms with van der Waals surface area (Å²) in [5, 5.41) is 4.37. The lowest BCUT2D eigenvalue weighted by Gasteiger charge is -2.08. The standard InChI is InChI=1S/C18H20F2N2O4S/c1-11(2)17-13(8-22(21-17)12-6-7-27(24,25)10-12)18(23)26-9-14-15(19)4-3-5-16(14)20/h3-5,8,11-12H,6-7,9-10H2,1-2H3. The molecule has 0 aliphatic carbocycles. The zero-order valence-corrected chi connectivity index (χ0v) is 15.8. The molecule has 0 spiro atoms. The van der Waals surface area contributed by atoms with E-state index in [9.17, 15) is 22.0 Å². The minimum Gasteiger partial charge on any atom is -0.457 e. The summed E-state index contributed by atoms with van der Waals surface area (Å²) < 4.78 is 57.3. The minimum atomic E-state index is -3.10. The Balaban J connectivity index is 1.81. The van der Waals surface area contributed by atoms with Gasteiger partial charge in [0.1, 0.15) is 23.8 Å². The highest BCUT2D eigenvalue weighted by Crippen LogP contribution is 2.27. The summed E-state index contributed by atoms with van der Waals surface area (Å²) >= 11 is 0. The summed E-state index contributed by atoms with van der Waals surface area (Å²) in [7, 11) is -3.10. The van der Waals surface area contributed by atoms with E-state index >= 15 is 0 Å². The molecule has 9 heteroatoms. The Morgan fingerprint density at radius 2 is 2.00 bits per heavy atom. The van der Waals surface area contributed by atoms with Crippen LogP contribution in [0.2, 0.25) is 0 Å². The number of carbonyl (C=O) groups excluding carboxylic acids is 1. The first-order chi connectivity index (χ1) is 12.7. The molecule has 1 atom stereocenters. The van der Waals surface area contributed by atoms with E-state index < -0.39 is 34.0 Å². The van der Waals surface area contributed by atoms with Crippen molar-refractivity contribution in [1.82, 2.24) is 9.78 Å². The molecule has 1 aliphatic heterocycles. The Morgan fingerprint density at radius 1 is 1.33 bits per heavy atom. The highest BCUT2D eigenvalue weighted by atomic mass is 32.2. The predicted octanol–water partition coefficient (Wildman–Crippen LogP) is 3.00. The molecule has 1 saturated heterocycles. The molecular formula is C18H20F2N2O4S. The number of benzene rings is 1. The predicted molar refractivity (Wildman–Crippen MR) is 94.1 cm³/mol. The van der Waals surface area contributed by atoms with Gasteiger partial charge >= 0.3 is 5.97 Å². The molecule has 6 nitrogen and oxygen atoms in total. The van der Waals surface area contributed by atoms with E-state index in [1.54, 1.807) is 0 Å². The number of ether oxygens (including phenoxy) is 1. The molecule has 0 saturated carbocycles. The lowest BCUT2D eigenvalue weighted by Crippen LogP contribution is -2.12. The van der Waals surface area contributed by atoms with Crippen molar-refractivity contribution >= 4 is 15.8 Å². The zero-order chi connectivity index (χ0) is 19.8. The molecule has 2 heterocycles. The van der Waals surface area contributed by atoms with Crippen LogP contribution in [0.25, 0.3) is 0 Å². The van der Waals surface area contributed by atoms with Crippen LogP contribution in [0.15, 0.2) is 24.4 Å². The molecular weight excluding hydrogens is 378 g/mol. The number of carbonyl (C=O) groups is 1. The number of hydrogen-bond donors (Lipinski definition) is 0. The van der Waals surface area contributed by atoms with Crippen LogP contribution in [0, 0.1) is 11.6 Å². The SMILES string of the molecule is CC(C)c1nn(C2CCS(=O)(=O)C2)cc1C(=O)OCc1c(F)cccc1F. The third-order valence-electron chi connectivity index (χ3n) is 4.52. The van der Waals surface area contributed by atoms with Crippen LogP contribution in [-0.4, -0.2) is 35.7 Å². The maximum absolute atomic E-state index is 13.7. The van der Waals surface area contributed by atoms with Crippen molar-refractivity contribution in [3.63, 3.8) is 0 Å². The number of nitrogens with zero attached hydrogens (tertiary/aromatic N) is 2. The molecule has 0 N–H and O–H groups in total. The first-order valence-electron chi connectivity index (χ1n) is 8.57. The van der Waals surface area contributed by atoms with E-state index in [0.717, 1.165) is 12.1 Å². The van der Waals surface area contributed by atoms with Crippen molar-refractivity contribution in [3.05, 3.63) is 52.9 Å². The second-order valence-electron chi connectivity index (χ2n) is 6.90. The van der Waals surface area contributed by atoms with Crippen LogP contribution in [0.3, 0.4) is 0 Å². The van der Waals surface area contributed by atoms with Crippen molar-refractivity contribution in [1.29, 1.82) is 0 Å². The fourth-order valence-corrected chi connectivity index (χ4v) is 4.75. The molecule has 27 heavy (non-hydrogen) atoms. The number of halogens is 2. The largest absolute Gasteiger partial charge is 0.457 e. The average molecular weight is 398 g/mol. The summed E-state index contributed by atoms with van der Waals surface area (Å²) in [5.41, 5.74) is 0.301. The highest BCUT2D eigenvalue weighted by molar-refractivity contribution is 7.91. The summed E-state index contributed by atoms with van der Waals surface area (Å²) in [6, 6.07) is 3.07. The summed E-state index contributed by atoms with van der Waals surface area (Å²) in [5.74, 6) is -2.40. The van der Waals surface area contributed by atoms with Gasteiger partial charge in [-0.1, -0.05) is 19.9 Å². The van der Waals surface area contributed by atoms with Crippen molar-refractivity contribution < 1.29 is 26.7 Å². The molecule has 1 aliphatic rings. The van der Waals surface area contributed by atoms with Crippen LogP contribution in [0.1, 0.15) is 53.8 Å². The molecule has 1 aromatic carbocycles. The van der Waals surface area contributed by atoms with Crippen LogP contribution in [0.5, 0.6) is 0 Å². The number of esters is 1. The molecule has 0 bridgehead atoms. The van der Waals surface area contributed by atoms with Crippen molar-refractivity contribution in [2.45, 2.75) is 38.8 Å². The minimum absolute atomic E-state index is 0.0266. The Hall–Kier alpha value is -2.29. The van der Waals surface area contributed by atoms with E-state index in [2.05, 4.69) is 5.10 Å². The normalized spacial score (nSPS) is 18.8. The van der Waals surface area contributed by atoms with Crippen molar-refractivity contribution in [2.75, 3.05) is 11.5 Å².